The first-order chi connectivity index (χ1) is 12.4. The Bertz CT molecular complexity index is 726. The molecular formula is C22H33N3O. The van der Waals surface area contributed by atoms with Crippen molar-refractivity contribution in [1.29, 1.82) is 0 Å². The van der Waals surface area contributed by atoms with Crippen LogP contribution in [0.1, 0.15) is 54.1 Å². The van der Waals surface area contributed by atoms with Gasteiger partial charge in [-0.25, -0.2) is 4.98 Å². The molecule has 0 fully saturated rings. The lowest BCUT2D eigenvalue weighted by molar-refractivity contribution is 0.393. The van der Waals surface area contributed by atoms with E-state index in [-0.39, 0.29) is 0 Å². The number of benzene rings is 1. The average Bonchev–Trinajstić information content (AvgIpc) is 2.59. The van der Waals surface area contributed by atoms with Gasteiger partial charge in [0.1, 0.15) is 11.6 Å². The van der Waals surface area contributed by atoms with Crippen LogP contribution in [0.5, 0.6) is 5.75 Å². The fraction of sp³-hybridized carbons (Fsp3) is 0.500. The maximum atomic E-state index is 6.15. The van der Waals surface area contributed by atoms with Crippen molar-refractivity contribution in [1.82, 2.24) is 9.88 Å². The number of anilines is 1. The van der Waals surface area contributed by atoms with Gasteiger partial charge in [0.05, 0.1) is 7.11 Å². The standard InChI is InChI=1S/C22H33N3O/c1-6-7-8-9-19-14-20(16(2)24-22(19)23)13-18-11-10-17(15-25(3)4)12-21(18)26-5/h10-12,14H,6-9,13,15H2,1-5H3,(H2,23,24). The van der Waals surface area contributed by atoms with E-state index < -0.39 is 0 Å². The lowest BCUT2D eigenvalue weighted by Crippen LogP contribution is -2.11. The van der Waals surface area contributed by atoms with Gasteiger partial charge in [-0.1, -0.05) is 38.0 Å². The molecule has 142 valence electrons. The number of ether oxygens (including phenoxy) is 1. The van der Waals surface area contributed by atoms with Gasteiger partial charge in [-0.2, -0.15) is 0 Å². The predicted molar refractivity (Wildman–Crippen MR) is 110 cm³/mol. The number of hydrogen-bond donors (Lipinski definition) is 1. The normalized spacial score (nSPS) is 11.2. The second-order valence-electron chi connectivity index (χ2n) is 7.30. The molecular weight excluding hydrogens is 322 g/mol. The van der Waals surface area contributed by atoms with Gasteiger partial charge in [-0.05, 0) is 62.2 Å². The van der Waals surface area contributed by atoms with E-state index in [1.54, 1.807) is 7.11 Å². The Morgan fingerprint density at radius 2 is 1.85 bits per heavy atom. The van der Waals surface area contributed by atoms with E-state index in [1.807, 2.05) is 6.92 Å². The van der Waals surface area contributed by atoms with Crippen molar-refractivity contribution in [3.05, 3.63) is 52.2 Å². The number of rotatable bonds is 9. The number of nitrogen functional groups attached to an aromatic ring is 1. The van der Waals surface area contributed by atoms with Crippen LogP contribution in [0, 0.1) is 6.92 Å². The zero-order valence-electron chi connectivity index (χ0n) is 16.9. The van der Waals surface area contributed by atoms with Crippen molar-refractivity contribution in [2.24, 2.45) is 0 Å². The highest BCUT2D eigenvalue weighted by Gasteiger charge is 2.11. The first-order valence-corrected chi connectivity index (χ1v) is 9.50. The summed E-state index contributed by atoms with van der Waals surface area (Å²) in [6.45, 7) is 5.16. The molecule has 0 saturated carbocycles. The number of unbranched alkanes of at least 4 members (excludes halogenated alkanes) is 2. The Morgan fingerprint density at radius 1 is 1.08 bits per heavy atom. The van der Waals surface area contributed by atoms with E-state index in [4.69, 9.17) is 10.5 Å². The minimum Gasteiger partial charge on any atom is -0.496 e. The molecule has 0 atom stereocenters. The molecule has 1 aromatic heterocycles. The molecule has 0 amide bonds. The Balaban J connectivity index is 2.25. The molecule has 2 rings (SSSR count). The topological polar surface area (TPSA) is 51.4 Å². The highest BCUT2D eigenvalue weighted by molar-refractivity contribution is 5.47. The molecule has 26 heavy (non-hydrogen) atoms. The molecule has 0 aliphatic rings. The van der Waals surface area contributed by atoms with Crippen LogP contribution < -0.4 is 10.5 Å². The molecule has 0 bridgehead atoms. The number of aromatic nitrogens is 1. The molecule has 1 aromatic carbocycles. The van der Waals surface area contributed by atoms with Gasteiger partial charge in [0.25, 0.3) is 0 Å². The van der Waals surface area contributed by atoms with Gasteiger partial charge in [-0.15, -0.1) is 0 Å². The summed E-state index contributed by atoms with van der Waals surface area (Å²) in [5.74, 6) is 1.61. The summed E-state index contributed by atoms with van der Waals surface area (Å²) in [7, 11) is 5.89. The second kappa shape index (κ2) is 9.58. The highest BCUT2D eigenvalue weighted by Crippen LogP contribution is 2.26. The van der Waals surface area contributed by atoms with E-state index in [0.29, 0.717) is 5.82 Å². The van der Waals surface area contributed by atoms with Crippen LogP contribution in [0.15, 0.2) is 24.3 Å². The fourth-order valence-corrected chi connectivity index (χ4v) is 3.26. The number of aryl methyl sites for hydroxylation is 2. The van der Waals surface area contributed by atoms with E-state index >= 15 is 0 Å². The van der Waals surface area contributed by atoms with Crippen molar-refractivity contribution in [3.63, 3.8) is 0 Å². The second-order valence-corrected chi connectivity index (χ2v) is 7.30. The summed E-state index contributed by atoms with van der Waals surface area (Å²) in [4.78, 5) is 6.75. The van der Waals surface area contributed by atoms with E-state index in [9.17, 15) is 0 Å². The molecule has 0 saturated heterocycles. The van der Waals surface area contributed by atoms with Crippen molar-refractivity contribution in [2.75, 3.05) is 26.9 Å². The number of pyridine rings is 1. The summed E-state index contributed by atoms with van der Waals surface area (Å²) in [5, 5.41) is 0. The van der Waals surface area contributed by atoms with Gasteiger partial charge in [0, 0.05) is 18.7 Å². The van der Waals surface area contributed by atoms with E-state index in [0.717, 1.165) is 37.3 Å². The average molecular weight is 356 g/mol. The molecule has 4 heteroatoms. The zero-order chi connectivity index (χ0) is 19.1. The lowest BCUT2D eigenvalue weighted by Gasteiger charge is -2.15. The monoisotopic (exact) mass is 355 g/mol. The van der Waals surface area contributed by atoms with Gasteiger partial charge in [0.15, 0.2) is 0 Å². The maximum Gasteiger partial charge on any atom is 0.126 e. The molecule has 2 N–H and O–H groups in total. The van der Waals surface area contributed by atoms with Gasteiger partial charge in [0.2, 0.25) is 0 Å². The molecule has 0 aliphatic heterocycles. The zero-order valence-corrected chi connectivity index (χ0v) is 16.9. The first-order valence-electron chi connectivity index (χ1n) is 9.50. The quantitative estimate of drug-likeness (QED) is 0.679. The van der Waals surface area contributed by atoms with Crippen molar-refractivity contribution in [2.45, 2.75) is 52.5 Å². The Hall–Kier alpha value is -2.07. The van der Waals surface area contributed by atoms with Crippen molar-refractivity contribution >= 4 is 5.82 Å². The largest absolute Gasteiger partial charge is 0.496 e. The van der Waals surface area contributed by atoms with Gasteiger partial charge >= 0.3 is 0 Å². The predicted octanol–water partition coefficient (Wildman–Crippen LogP) is 4.37. The number of nitrogens with two attached hydrogens (primary N) is 1. The molecule has 0 radical (unpaired) electrons. The van der Waals surface area contributed by atoms with Gasteiger partial charge < -0.3 is 15.4 Å². The molecule has 0 unspecified atom stereocenters. The third kappa shape index (κ3) is 5.46. The summed E-state index contributed by atoms with van der Waals surface area (Å²) < 4.78 is 5.65. The van der Waals surface area contributed by atoms with Crippen LogP contribution >= 0.6 is 0 Å². The van der Waals surface area contributed by atoms with Crippen LogP contribution in [0.2, 0.25) is 0 Å². The smallest absolute Gasteiger partial charge is 0.126 e. The molecule has 4 nitrogen and oxygen atoms in total. The van der Waals surface area contributed by atoms with Crippen LogP contribution in [-0.4, -0.2) is 31.1 Å². The molecule has 0 spiro atoms. The Kier molecular flexibility index (Phi) is 7.46. The molecule has 2 aromatic rings. The third-order valence-corrected chi connectivity index (χ3v) is 4.71. The first kappa shape index (κ1) is 20.2. The molecule has 0 aliphatic carbocycles. The maximum absolute atomic E-state index is 6.15. The summed E-state index contributed by atoms with van der Waals surface area (Å²) in [6, 6.07) is 8.72. The van der Waals surface area contributed by atoms with Crippen LogP contribution in [0.4, 0.5) is 5.82 Å². The van der Waals surface area contributed by atoms with Crippen LogP contribution in [-0.2, 0) is 19.4 Å². The van der Waals surface area contributed by atoms with Crippen LogP contribution in [0.3, 0.4) is 0 Å². The minimum absolute atomic E-state index is 0.677. The summed E-state index contributed by atoms with van der Waals surface area (Å²) in [5.41, 5.74) is 12.0. The number of nitrogens with zero attached hydrogens (tertiary/aromatic N) is 2. The Morgan fingerprint density at radius 3 is 2.50 bits per heavy atom. The highest BCUT2D eigenvalue weighted by atomic mass is 16.5. The van der Waals surface area contributed by atoms with E-state index in [1.165, 1.54) is 35.1 Å². The SMILES string of the molecule is CCCCCc1cc(Cc2ccc(CN(C)C)cc2OC)c(C)nc1N. The van der Waals surface area contributed by atoms with Crippen molar-refractivity contribution in [3.8, 4) is 5.75 Å². The summed E-state index contributed by atoms with van der Waals surface area (Å²) >= 11 is 0. The van der Waals surface area contributed by atoms with E-state index in [2.05, 4.69) is 55.2 Å². The van der Waals surface area contributed by atoms with Crippen molar-refractivity contribution < 1.29 is 4.74 Å². The minimum atomic E-state index is 0.677. The summed E-state index contributed by atoms with van der Waals surface area (Å²) in [6.07, 6.45) is 5.41. The number of methoxy groups -OCH3 is 1. The molecule has 1 heterocycles. The fourth-order valence-electron chi connectivity index (χ4n) is 3.26. The number of hydrogen-bond acceptors (Lipinski definition) is 4. The third-order valence-electron chi connectivity index (χ3n) is 4.71. The lowest BCUT2D eigenvalue weighted by atomic mass is 9.98. The van der Waals surface area contributed by atoms with Gasteiger partial charge in [-0.3, -0.25) is 0 Å². The Labute approximate surface area is 158 Å². The van der Waals surface area contributed by atoms with Crippen LogP contribution in [0.25, 0.3) is 0 Å².